The molecule has 110 valence electrons. The number of nitrogens with zero attached hydrogens (tertiary/aromatic N) is 5. The molecule has 0 bridgehead atoms. The van der Waals surface area contributed by atoms with Gasteiger partial charge in [-0.3, -0.25) is 9.78 Å². The average molecular weight is 294 g/mol. The van der Waals surface area contributed by atoms with Crippen LogP contribution in [0.25, 0.3) is 11.0 Å². The van der Waals surface area contributed by atoms with E-state index in [4.69, 9.17) is 0 Å². The van der Waals surface area contributed by atoms with Crippen LogP contribution in [0.5, 0.6) is 0 Å². The fraction of sp³-hybridized carbons (Fsp3) is 0.133. The molecule has 0 saturated heterocycles. The van der Waals surface area contributed by atoms with Gasteiger partial charge in [-0.1, -0.05) is 23.4 Å². The molecule has 0 radical (unpaired) electrons. The number of hydrogen-bond donors (Lipinski definition) is 1. The number of fused-ring (bicyclic) bond motifs is 1. The fourth-order valence-electron chi connectivity index (χ4n) is 1.98. The summed E-state index contributed by atoms with van der Waals surface area (Å²) in [6.07, 6.45) is 5.17. The van der Waals surface area contributed by atoms with Crippen LogP contribution in [0, 0.1) is 0 Å². The van der Waals surface area contributed by atoms with Crippen LogP contribution in [-0.4, -0.2) is 32.1 Å². The van der Waals surface area contributed by atoms with Crippen molar-refractivity contribution in [3.05, 3.63) is 54.4 Å². The van der Waals surface area contributed by atoms with Crippen LogP contribution in [0.1, 0.15) is 12.0 Å². The molecule has 7 heteroatoms. The second kappa shape index (κ2) is 6.57. The Kier molecular flexibility index (Phi) is 4.15. The van der Waals surface area contributed by atoms with Crippen LogP contribution in [0.4, 0.5) is 0 Å². The van der Waals surface area contributed by atoms with Crippen molar-refractivity contribution < 1.29 is 4.79 Å². The highest BCUT2D eigenvalue weighted by molar-refractivity contribution is 5.82. The van der Waals surface area contributed by atoms with E-state index in [0.717, 1.165) is 16.6 Å². The molecule has 0 aliphatic rings. The molecule has 22 heavy (non-hydrogen) atoms. The van der Waals surface area contributed by atoms with Gasteiger partial charge in [0.2, 0.25) is 5.91 Å². The van der Waals surface area contributed by atoms with Crippen LogP contribution < -0.4 is 5.43 Å². The van der Waals surface area contributed by atoms with E-state index in [9.17, 15) is 4.79 Å². The molecule has 2 aromatic heterocycles. The zero-order valence-electron chi connectivity index (χ0n) is 11.8. The van der Waals surface area contributed by atoms with Gasteiger partial charge in [-0.25, -0.2) is 10.1 Å². The van der Waals surface area contributed by atoms with Gasteiger partial charge in [-0.15, -0.1) is 5.10 Å². The number of nitrogens with one attached hydrogen (secondary N) is 1. The van der Waals surface area contributed by atoms with Crippen molar-refractivity contribution >= 4 is 23.2 Å². The molecule has 3 aromatic rings. The van der Waals surface area contributed by atoms with E-state index in [2.05, 4.69) is 25.8 Å². The van der Waals surface area contributed by atoms with Crippen molar-refractivity contribution in [3.63, 3.8) is 0 Å². The maximum absolute atomic E-state index is 11.8. The van der Waals surface area contributed by atoms with E-state index in [-0.39, 0.29) is 12.3 Å². The van der Waals surface area contributed by atoms with Crippen molar-refractivity contribution in [1.82, 2.24) is 25.4 Å². The van der Waals surface area contributed by atoms with Crippen molar-refractivity contribution in [2.24, 2.45) is 5.10 Å². The van der Waals surface area contributed by atoms with E-state index in [1.807, 2.05) is 30.3 Å². The summed E-state index contributed by atoms with van der Waals surface area (Å²) in [5.41, 5.74) is 5.04. The Morgan fingerprint density at radius 3 is 3.05 bits per heavy atom. The van der Waals surface area contributed by atoms with Crippen molar-refractivity contribution in [2.45, 2.75) is 13.0 Å². The van der Waals surface area contributed by atoms with Crippen molar-refractivity contribution in [2.75, 3.05) is 0 Å². The summed E-state index contributed by atoms with van der Waals surface area (Å²) in [5.74, 6) is -0.181. The molecule has 7 nitrogen and oxygen atoms in total. The molecular formula is C15H14N6O. The number of benzene rings is 1. The molecule has 0 spiro atoms. The highest BCUT2D eigenvalue weighted by atomic mass is 16.2. The zero-order chi connectivity index (χ0) is 15.2. The lowest BCUT2D eigenvalue weighted by molar-refractivity contribution is -0.121. The first kappa shape index (κ1) is 13.9. The summed E-state index contributed by atoms with van der Waals surface area (Å²) in [5, 5.41) is 12.0. The smallest absolute Gasteiger partial charge is 0.241 e. The van der Waals surface area contributed by atoms with Gasteiger partial charge in [-0.05, 0) is 18.2 Å². The van der Waals surface area contributed by atoms with E-state index in [0.29, 0.717) is 6.54 Å². The maximum atomic E-state index is 11.8. The van der Waals surface area contributed by atoms with E-state index >= 15 is 0 Å². The number of hydrazone groups is 1. The Morgan fingerprint density at radius 1 is 1.27 bits per heavy atom. The number of aryl methyl sites for hydroxylation is 1. The second-order valence-electron chi connectivity index (χ2n) is 4.63. The highest BCUT2D eigenvalue weighted by Crippen LogP contribution is 2.09. The fourth-order valence-corrected chi connectivity index (χ4v) is 1.98. The normalized spacial score (nSPS) is 11.1. The first-order valence-electron chi connectivity index (χ1n) is 6.83. The van der Waals surface area contributed by atoms with Crippen LogP contribution in [0.15, 0.2) is 53.9 Å². The summed E-state index contributed by atoms with van der Waals surface area (Å²) in [6, 6.07) is 11.3. The minimum Gasteiger partial charge on any atom is -0.273 e. The predicted octanol–water partition coefficient (Wildman–Crippen LogP) is 1.37. The van der Waals surface area contributed by atoms with Gasteiger partial charge >= 0.3 is 0 Å². The summed E-state index contributed by atoms with van der Waals surface area (Å²) >= 11 is 0. The van der Waals surface area contributed by atoms with Gasteiger partial charge in [-0.2, -0.15) is 5.10 Å². The first-order valence-corrected chi connectivity index (χ1v) is 6.83. The quantitative estimate of drug-likeness (QED) is 0.569. The lowest BCUT2D eigenvalue weighted by atomic mass is 10.3. The molecule has 1 amide bonds. The number of aromatic nitrogens is 4. The second-order valence-corrected chi connectivity index (χ2v) is 4.63. The summed E-state index contributed by atoms with van der Waals surface area (Å²) in [7, 11) is 0. The van der Waals surface area contributed by atoms with Crippen molar-refractivity contribution in [1.29, 1.82) is 0 Å². The summed E-state index contributed by atoms with van der Waals surface area (Å²) < 4.78 is 1.71. The van der Waals surface area contributed by atoms with E-state index < -0.39 is 0 Å². The average Bonchev–Trinajstić information content (AvgIpc) is 2.97. The van der Waals surface area contributed by atoms with Gasteiger partial charge < -0.3 is 0 Å². The van der Waals surface area contributed by atoms with Crippen LogP contribution in [0.2, 0.25) is 0 Å². The van der Waals surface area contributed by atoms with E-state index in [1.54, 1.807) is 29.4 Å². The van der Waals surface area contributed by atoms with Gasteiger partial charge in [0.15, 0.2) is 0 Å². The molecule has 0 atom stereocenters. The van der Waals surface area contributed by atoms with Gasteiger partial charge in [0.25, 0.3) is 0 Å². The number of carbonyl (C=O) groups excluding carboxylic acids is 1. The Labute approximate surface area is 126 Å². The zero-order valence-corrected chi connectivity index (χ0v) is 11.8. The van der Waals surface area contributed by atoms with Crippen LogP contribution in [-0.2, 0) is 11.3 Å². The SMILES string of the molecule is O=C(CCn1nnc2ccccc21)N/N=C\c1cccnc1. The van der Waals surface area contributed by atoms with Crippen LogP contribution >= 0.6 is 0 Å². The molecule has 1 aromatic carbocycles. The Bertz CT molecular complexity index is 796. The number of hydrogen-bond acceptors (Lipinski definition) is 5. The van der Waals surface area contributed by atoms with Crippen molar-refractivity contribution in [3.8, 4) is 0 Å². The van der Waals surface area contributed by atoms with Gasteiger partial charge in [0.1, 0.15) is 5.52 Å². The number of carbonyl (C=O) groups is 1. The third-order valence-corrected chi connectivity index (χ3v) is 3.06. The molecule has 0 aliphatic heterocycles. The molecule has 0 fully saturated rings. The lowest BCUT2D eigenvalue weighted by Gasteiger charge is -2.01. The molecule has 1 N–H and O–H groups in total. The lowest BCUT2D eigenvalue weighted by Crippen LogP contribution is -2.19. The summed E-state index contributed by atoms with van der Waals surface area (Å²) in [6.45, 7) is 0.453. The molecule has 0 saturated carbocycles. The third kappa shape index (κ3) is 3.32. The third-order valence-electron chi connectivity index (χ3n) is 3.06. The topological polar surface area (TPSA) is 85.1 Å². The largest absolute Gasteiger partial charge is 0.273 e. The Balaban J connectivity index is 1.53. The Hall–Kier alpha value is -3.09. The monoisotopic (exact) mass is 294 g/mol. The molecule has 3 rings (SSSR count). The number of para-hydroxylation sites is 1. The molecule has 0 unspecified atom stereocenters. The first-order chi connectivity index (χ1) is 10.8. The highest BCUT2D eigenvalue weighted by Gasteiger charge is 2.05. The van der Waals surface area contributed by atoms with Crippen LogP contribution in [0.3, 0.4) is 0 Å². The molecular weight excluding hydrogens is 280 g/mol. The summed E-state index contributed by atoms with van der Waals surface area (Å²) in [4.78, 5) is 15.7. The Morgan fingerprint density at radius 2 is 2.18 bits per heavy atom. The van der Waals surface area contributed by atoms with E-state index in [1.165, 1.54) is 0 Å². The standard InChI is InChI=1S/C15H14N6O/c22-15(19-17-11-12-4-3-8-16-10-12)7-9-21-14-6-2-1-5-13(14)18-20-21/h1-6,8,10-11H,7,9H2,(H,19,22)/b17-11-. The maximum Gasteiger partial charge on any atom is 0.241 e. The molecule has 0 aliphatic carbocycles. The minimum absolute atomic E-state index is 0.181. The predicted molar refractivity (Wildman–Crippen MR) is 82.1 cm³/mol. The number of pyridine rings is 1. The molecule has 2 heterocycles. The number of rotatable bonds is 5. The van der Waals surface area contributed by atoms with Gasteiger partial charge in [0, 0.05) is 24.4 Å². The van der Waals surface area contributed by atoms with Gasteiger partial charge in [0.05, 0.1) is 18.3 Å². The minimum atomic E-state index is -0.181. The number of amides is 1.